The predicted octanol–water partition coefficient (Wildman–Crippen LogP) is 4.80. The van der Waals surface area contributed by atoms with E-state index in [9.17, 15) is 9.59 Å². The third kappa shape index (κ3) is 6.43. The fraction of sp³-hybridized carbons (Fsp3) is 0.310. The minimum Gasteiger partial charge on any atom is -0.445 e. The maximum Gasteiger partial charge on any atom is 0.407 e. The average Bonchev–Trinajstić information content (AvgIpc) is 3.82. The number of carbonyl (C=O) groups excluding carboxylic acids is 2. The number of hydrogen-bond donors (Lipinski definition) is 4. The third-order valence-corrected chi connectivity index (χ3v) is 6.77. The van der Waals surface area contributed by atoms with Crippen LogP contribution in [0.3, 0.4) is 0 Å². The molecule has 2 fully saturated rings. The van der Waals surface area contributed by atoms with Gasteiger partial charge in [-0.15, -0.1) is 0 Å². The largest absolute Gasteiger partial charge is 0.445 e. The molecule has 2 atom stereocenters. The van der Waals surface area contributed by atoms with Crippen LogP contribution in [0.5, 0.6) is 0 Å². The van der Waals surface area contributed by atoms with Gasteiger partial charge in [-0.1, -0.05) is 48.5 Å². The number of nitrogen functional groups attached to an aromatic ring is 1. The first kappa shape index (κ1) is 23.9. The molecule has 3 aromatic rings. The molecule has 0 aliphatic heterocycles. The number of para-hydroxylation sites is 2. The zero-order valence-corrected chi connectivity index (χ0v) is 20.2. The molecule has 2 saturated carbocycles. The molecule has 5 rings (SSSR count). The summed E-state index contributed by atoms with van der Waals surface area (Å²) in [6.07, 6.45) is 3.44. The molecule has 0 heterocycles. The summed E-state index contributed by atoms with van der Waals surface area (Å²) in [4.78, 5) is 24.7. The van der Waals surface area contributed by atoms with Gasteiger partial charge in [-0.2, -0.15) is 0 Å². The number of alkyl carbamates (subject to hydrolysis) is 1. The Hall–Kier alpha value is -3.84. The van der Waals surface area contributed by atoms with Gasteiger partial charge in [0.05, 0.1) is 11.4 Å². The summed E-state index contributed by atoms with van der Waals surface area (Å²) in [5, 5.41) is 9.24. The lowest BCUT2D eigenvalue weighted by atomic mass is 10.1. The molecule has 36 heavy (non-hydrogen) atoms. The van der Waals surface area contributed by atoms with Crippen molar-refractivity contribution in [3.63, 3.8) is 0 Å². The molecule has 0 radical (unpaired) electrons. The first-order chi connectivity index (χ1) is 17.5. The molecule has 3 aromatic carbocycles. The summed E-state index contributed by atoms with van der Waals surface area (Å²) in [5.74, 6) is 1.21. The van der Waals surface area contributed by atoms with Gasteiger partial charge >= 0.3 is 6.09 Å². The first-order valence-electron chi connectivity index (χ1n) is 12.5. The zero-order chi connectivity index (χ0) is 24.9. The van der Waals surface area contributed by atoms with Gasteiger partial charge in [0.25, 0.3) is 5.91 Å². The SMILES string of the molecule is Nc1ccccc1NC(=O)c1ccc(CNC(=O)OCc2cccc(C3C[C@@H]3NCC3CC3)c2)cc1. The lowest BCUT2D eigenvalue weighted by molar-refractivity contribution is 0.102. The summed E-state index contributed by atoms with van der Waals surface area (Å²) in [6, 6.07) is 23.0. The normalized spacial score (nSPS) is 18.3. The van der Waals surface area contributed by atoms with Gasteiger partial charge < -0.3 is 26.4 Å². The summed E-state index contributed by atoms with van der Waals surface area (Å²) in [5.41, 5.74) is 10.6. The quantitative estimate of drug-likeness (QED) is 0.309. The van der Waals surface area contributed by atoms with Crippen molar-refractivity contribution in [2.75, 3.05) is 17.6 Å². The first-order valence-corrected chi connectivity index (χ1v) is 12.5. The average molecular weight is 485 g/mol. The fourth-order valence-electron chi connectivity index (χ4n) is 4.30. The Labute approximate surface area is 211 Å². The van der Waals surface area contributed by atoms with Gasteiger partial charge in [-0.25, -0.2) is 4.79 Å². The van der Waals surface area contributed by atoms with Crippen molar-refractivity contribution in [2.45, 2.75) is 44.4 Å². The van der Waals surface area contributed by atoms with Crippen LogP contribution in [0.1, 0.15) is 52.2 Å². The Morgan fingerprint density at radius 2 is 1.75 bits per heavy atom. The number of ether oxygens (including phenoxy) is 1. The molecule has 0 bridgehead atoms. The zero-order valence-electron chi connectivity index (χ0n) is 20.2. The molecule has 2 aliphatic rings. The van der Waals surface area contributed by atoms with Crippen molar-refractivity contribution in [1.29, 1.82) is 0 Å². The maximum absolute atomic E-state index is 12.5. The molecule has 186 valence electrons. The topological polar surface area (TPSA) is 105 Å². The van der Waals surface area contributed by atoms with E-state index in [2.05, 4.69) is 28.1 Å². The van der Waals surface area contributed by atoms with E-state index in [1.807, 2.05) is 24.3 Å². The van der Waals surface area contributed by atoms with E-state index in [1.54, 1.807) is 36.4 Å². The molecule has 5 N–H and O–H groups in total. The Balaban J connectivity index is 1.05. The van der Waals surface area contributed by atoms with E-state index < -0.39 is 6.09 Å². The Kier molecular flexibility index (Phi) is 7.18. The van der Waals surface area contributed by atoms with Crippen LogP contribution < -0.4 is 21.7 Å². The predicted molar refractivity (Wildman–Crippen MR) is 141 cm³/mol. The second-order valence-electron chi connectivity index (χ2n) is 9.71. The van der Waals surface area contributed by atoms with Crippen LogP contribution in [0, 0.1) is 5.92 Å². The van der Waals surface area contributed by atoms with Crippen LogP contribution in [0.25, 0.3) is 0 Å². The molecular formula is C29H32N4O3. The molecule has 7 heteroatoms. The lowest BCUT2D eigenvalue weighted by Gasteiger charge is -2.10. The molecule has 0 saturated heterocycles. The van der Waals surface area contributed by atoms with E-state index in [1.165, 1.54) is 24.8 Å². The number of carbonyl (C=O) groups is 2. The number of rotatable bonds is 10. The van der Waals surface area contributed by atoms with Crippen molar-refractivity contribution in [3.05, 3.63) is 95.1 Å². The van der Waals surface area contributed by atoms with Crippen molar-refractivity contribution in [3.8, 4) is 0 Å². The molecule has 2 aliphatic carbocycles. The van der Waals surface area contributed by atoms with E-state index in [4.69, 9.17) is 10.5 Å². The highest BCUT2D eigenvalue weighted by atomic mass is 16.5. The van der Waals surface area contributed by atoms with Crippen LogP contribution >= 0.6 is 0 Å². The van der Waals surface area contributed by atoms with Crippen LogP contribution in [-0.4, -0.2) is 24.6 Å². The standard InChI is InChI=1S/C29H32N4O3/c30-25-6-1-2-7-26(25)33-28(34)22-12-10-20(11-13-22)17-32-29(35)36-18-21-4-3-5-23(14-21)24-15-27(24)31-16-19-8-9-19/h1-7,10-14,19,24,27,31H,8-9,15-18,30H2,(H,32,35)(H,33,34)/t24?,27-/m0/s1. The smallest absolute Gasteiger partial charge is 0.407 e. The Morgan fingerprint density at radius 1 is 0.944 bits per heavy atom. The monoisotopic (exact) mass is 484 g/mol. The van der Waals surface area contributed by atoms with E-state index in [-0.39, 0.29) is 12.5 Å². The van der Waals surface area contributed by atoms with Gasteiger partial charge in [0.1, 0.15) is 6.61 Å². The van der Waals surface area contributed by atoms with Crippen molar-refractivity contribution >= 4 is 23.4 Å². The van der Waals surface area contributed by atoms with Crippen LogP contribution in [0.4, 0.5) is 16.2 Å². The van der Waals surface area contributed by atoms with Crippen LogP contribution in [-0.2, 0) is 17.9 Å². The number of nitrogens with two attached hydrogens (primary N) is 1. The summed E-state index contributed by atoms with van der Waals surface area (Å²) >= 11 is 0. The van der Waals surface area contributed by atoms with E-state index in [0.29, 0.717) is 35.4 Å². The minimum absolute atomic E-state index is 0.230. The van der Waals surface area contributed by atoms with Crippen molar-refractivity contribution in [2.24, 2.45) is 5.92 Å². The number of amides is 2. The Bertz CT molecular complexity index is 1220. The summed E-state index contributed by atoms with van der Waals surface area (Å²) < 4.78 is 5.42. The van der Waals surface area contributed by atoms with Crippen LogP contribution in [0.2, 0.25) is 0 Å². The molecule has 2 amide bonds. The number of hydrogen-bond acceptors (Lipinski definition) is 5. The third-order valence-electron chi connectivity index (χ3n) is 6.77. The van der Waals surface area contributed by atoms with E-state index in [0.717, 1.165) is 23.6 Å². The van der Waals surface area contributed by atoms with Crippen molar-refractivity contribution < 1.29 is 14.3 Å². The van der Waals surface area contributed by atoms with Crippen LogP contribution in [0.15, 0.2) is 72.8 Å². The van der Waals surface area contributed by atoms with E-state index >= 15 is 0 Å². The fourth-order valence-corrected chi connectivity index (χ4v) is 4.30. The second-order valence-corrected chi connectivity index (χ2v) is 9.71. The lowest BCUT2D eigenvalue weighted by Crippen LogP contribution is -2.23. The molecule has 0 aromatic heterocycles. The molecular weight excluding hydrogens is 452 g/mol. The van der Waals surface area contributed by atoms with Gasteiger partial charge in [-0.05, 0) is 72.7 Å². The minimum atomic E-state index is -0.475. The summed E-state index contributed by atoms with van der Waals surface area (Å²) in [7, 11) is 0. The second kappa shape index (κ2) is 10.8. The van der Waals surface area contributed by atoms with Gasteiger partial charge in [0.2, 0.25) is 0 Å². The number of benzene rings is 3. The van der Waals surface area contributed by atoms with Gasteiger partial charge in [0, 0.05) is 24.1 Å². The maximum atomic E-state index is 12.5. The highest BCUT2D eigenvalue weighted by Gasteiger charge is 2.39. The molecule has 1 unspecified atom stereocenters. The highest BCUT2D eigenvalue weighted by molar-refractivity contribution is 6.05. The number of nitrogens with one attached hydrogen (secondary N) is 3. The molecule has 0 spiro atoms. The Morgan fingerprint density at radius 3 is 2.53 bits per heavy atom. The van der Waals surface area contributed by atoms with Crippen molar-refractivity contribution in [1.82, 2.24) is 10.6 Å². The molecule has 7 nitrogen and oxygen atoms in total. The highest BCUT2D eigenvalue weighted by Crippen LogP contribution is 2.41. The van der Waals surface area contributed by atoms with Gasteiger partial charge in [-0.3, -0.25) is 4.79 Å². The number of anilines is 2. The summed E-state index contributed by atoms with van der Waals surface area (Å²) in [6.45, 7) is 1.68. The van der Waals surface area contributed by atoms with Gasteiger partial charge in [0.15, 0.2) is 0 Å².